The Morgan fingerprint density at radius 2 is 2.06 bits per heavy atom. The molecule has 2 N–H and O–H groups in total. The second-order valence-electron chi connectivity index (χ2n) is 4.23. The van der Waals surface area contributed by atoms with Crippen LogP contribution in [0.4, 0.5) is 8.78 Å². The Bertz CT molecular complexity index is 377. The molecule has 1 fully saturated rings. The van der Waals surface area contributed by atoms with Crippen molar-refractivity contribution in [3.63, 3.8) is 0 Å². The van der Waals surface area contributed by atoms with Crippen molar-refractivity contribution < 1.29 is 13.5 Å². The lowest BCUT2D eigenvalue weighted by atomic mass is 9.77. The van der Waals surface area contributed by atoms with E-state index in [9.17, 15) is 8.78 Å². The zero-order chi connectivity index (χ0) is 11.6. The van der Waals surface area contributed by atoms with Crippen LogP contribution in [0.3, 0.4) is 0 Å². The highest BCUT2D eigenvalue weighted by Gasteiger charge is 2.39. The van der Waals surface area contributed by atoms with E-state index in [4.69, 9.17) is 10.5 Å². The van der Waals surface area contributed by atoms with Gasteiger partial charge in [0.15, 0.2) is 11.6 Å². The van der Waals surface area contributed by atoms with Crippen LogP contribution in [0, 0.1) is 11.6 Å². The van der Waals surface area contributed by atoms with E-state index in [1.54, 1.807) is 0 Å². The van der Waals surface area contributed by atoms with Crippen molar-refractivity contribution in [3.8, 4) is 5.75 Å². The Balaban J connectivity index is 2.16. The summed E-state index contributed by atoms with van der Waals surface area (Å²) in [7, 11) is 0. The van der Waals surface area contributed by atoms with Gasteiger partial charge in [0.1, 0.15) is 5.60 Å². The number of hydrogen-bond acceptors (Lipinski definition) is 2. The van der Waals surface area contributed by atoms with Crippen LogP contribution in [0.2, 0.25) is 0 Å². The van der Waals surface area contributed by atoms with Gasteiger partial charge in [-0.15, -0.1) is 0 Å². The van der Waals surface area contributed by atoms with Gasteiger partial charge in [0.2, 0.25) is 5.82 Å². The summed E-state index contributed by atoms with van der Waals surface area (Å²) in [6.45, 7) is 0.497. The lowest BCUT2D eigenvalue weighted by molar-refractivity contribution is -0.0159. The minimum Gasteiger partial charge on any atom is -0.484 e. The van der Waals surface area contributed by atoms with Crippen LogP contribution < -0.4 is 10.5 Å². The molecule has 1 aliphatic rings. The molecule has 16 heavy (non-hydrogen) atoms. The minimum atomic E-state index is -0.911. The van der Waals surface area contributed by atoms with Gasteiger partial charge in [-0.1, -0.05) is 6.07 Å². The predicted octanol–water partition coefficient (Wildman–Crippen LogP) is 2.62. The maximum Gasteiger partial charge on any atom is 0.200 e. The summed E-state index contributed by atoms with van der Waals surface area (Å²) in [5.74, 6) is -1.79. The first kappa shape index (κ1) is 11.3. The molecule has 0 amide bonds. The third-order valence-electron chi connectivity index (χ3n) is 3.11. The smallest absolute Gasteiger partial charge is 0.200 e. The highest BCUT2D eigenvalue weighted by molar-refractivity contribution is 5.26. The molecule has 4 heteroatoms. The van der Waals surface area contributed by atoms with Gasteiger partial charge in [-0.3, -0.25) is 0 Å². The molecule has 1 saturated carbocycles. The van der Waals surface area contributed by atoms with Crippen LogP contribution >= 0.6 is 0 Å². The van der Waals surface area contributed by atoms with Crippen molar-refractivity contribution in [3.05, 3.63) is 29.8 Å². The maximum atomic E-state index is 13.4. The molecule has 0 bridgehead atoms. The largest absolute Gasteiger partial charge is 0.484 e. The van der Waals surface area contributed by atoms with Crippen LogP contribution in [0.15, 0.2) is 18.2 Å². The first-order chi connectivity index (χ1) is 7.67. The second-order valence-corrected chi connectivity index (χ2v) is 4.23. The summed E-state index contributed by atoms with van der Waals surface area (Å²) in [6.07, 6.45) is 3.46. The van der Waals surface area contributed by atoms with Crippen molar-refractivity contribution in [1.29, 1.82) is 0 Å². The lowest BCUT2D eigenvalue weighted by Gasteiger charge is -2.41. The summed E-state index contributed by atoms with van der Waals surface area (Å²) in [5, 5.41) is 0. The summed E-state index contributed by atoms with van der Waals surface area (Å²) in [4.78, 5) is 0. The molecule has 0 atom stereocenters. The molecule has 2 rings (SSSR count). The number of rotatable bonds is 4. The fraction of sp³-hybridized carbons (Fsp3) is 0.500. The molecule has 0 aliphatic heterocycles. The highest BCUT2D eigenvalue weighted by Crippen LogP contribution is 2.39. The highest BCUT2D eigenvalue weighted by atomic mass is 19.2. The molecule has 1 aromatic carbocycles. The first-order valence-corrected chi connectivity index (χ1v) is 5.50. The molecule has 88 valence electrons. The molecule has 0 aromatic heterocycles. The van der Waals surface area contributed by atoms with Crippen LogP contribution in [-0.2, 0) is 0 Å². The SMILES string of the molecule is NCCC1(Oc2cccc(F)c2F)CCC1. The number of ether oxygens (including phenoxy) is 1. The summed E-state index contributed by atoms with van der Waals surface area (Å²) in [5.41, 5.74) is 5.13. The maximum absolute atomic E-state index is 13.4. The third kappa shape index (κ3) is 2.02. The summed E-state index contributed by atoms with van der Waals surface area (Å²) in [6, 6.07) is 3.98. The van der Waals surface area contributed by atoms with Gasteiger partial charge in [0.05, 0.1) is 0 Å². The molecule has 1 aliphatic carbocycles. The molecule has 0 radical (unpaired) electrons. The Labute approximate surface area is 93.4 Å². The lowest BCUT2D eigenvalue weighted by Crippen LogP contribution is -2.45. The Kier molecular flexibility index (Phi) is 3.10. The quantitative estimate of drug-likeness (QED) is 0.858. The van der Waals surface area contributed by atoms with Crippen LogP contribution in [0.25, 0.3) is 0 Å². The Morgan fingerprint density at radius 1 is 1.31 bits per heavy atom. The van der Waals surface area contributed by atoms with Gasteiger partial charge in [0, 0.05) is 0 Å². The molecular weight excluding hydrogens is 212 g/mol. The number of halogens is 2. The van der Waals surface area contributed by atoms with E-state index in [-0.39, 0.29) is 11.4 Å². The number of nitrogens with two attached hydrogens (primary N) is 1. The first-order valence-electron chi connectivity index (χ1n) is 5.50. The van der Waals surface area contributed by atoms with Gasteiger partial charge in [0.25, 0.3) is 0 Å². The van der Waals surface area contributed by atoms with Gasteiger partial charge in [-0.05, 0) is 44.4 Å². The van der Waals surface area contributed by atoms with Gasteiger partial charge in [-0.2, -0.15) is 4.39 Å². The predicted molar refractivity (Wildman–Crippen MR) is 57.2 cm³/mol. The Morgan fingerprint density at radius 3 is 2.62 bits per heavy atom. The zero-order valence-electron chi connectivity index (χ0n) is 9.01. The van der Waals surface area contributed by atoms with Gasteiger partial charge >= 0.3 is 0 Å². The van der Waals surface area contributed by atoms with Gasteiger partial charge < -0.3 is 10.5 Å². The van der Waals surface area contributed by atoms with E-state index in [2.05, 4.69) is 0 Å². The fourth-order valence-electron chi connectivity index (χ4n) is 2.03. The van der Waals surface area contributed by atoms with Crippen molar-refractivity contribution >= 4 is 0 Å². The van der Waals surface area contributed by atoms with Crippen molar-refractivity contribution in [2.45, 2.75) is 31.3 Å². The third-order valence-corrected chi connectivity index (χ3v) is 3.11. The molecule has 1 aromatic rings. The van der Waals surface area contributed by atoms with E-state index in [1.165, 1.54) is 12.1 Å². The monoisotopic (exact) mass is 227 g/mol. The summed E-state index contributed by atoms with van der Waals surface area (Å²) < 4.78 is 32.0. The van der Waals surface area contributed by atoms with Crippen molar-refractivity contribution in [2.24, 2.45) is 5.73 Å². The van der Waals surface area contributed by atoms with Gasteiger partial charge in [-0.25, -0.2) is 4.39 Å². The van der Waals surface area contributed by atoms with Crippen molar-refractivity contribution in [2.75, 3.05) is 6.54 Å². The van der Waals surface area contributed by atoms with Crippen molar-refractivity contribution in [1.82, 2.24) is 0 Å². The molecular formula is C12H15F2NO. The van der Waals surface area contributed by atoms with Crippen LogP contribution in [0.1, 0.15) is 25.7 Å². The summed E-state index contributed by atoms with van der Waals surface area (Å²) >= 11 is 0. The van der Waals surface area contributed by atoms with Crippen LogP contribution in [0.5, 0.6) is 5.75 Å². The normalized spacial score (nSPS) is 17.9. The zero-order valence-corrected chi connectivity index (χ0v) is 9.01. The molecule has 0 saturated heterocycles. The number of hydrogen-bond donors (Lipinski definition) is 1. The standard InChI is InChI=1S/C12H15F2NO/c13-9-3-1-4-10(11(9)14)16-12(7-8-15)5-2-6-12/h1,3-4H,2,5-8,15H2. The van der Waals surface area contributed by atoms with Crippen LogP contribution in [-0.4, -0.2) is 12.1 Å². The fourth-order valence-corrected chi connectivity index (χ4v) is 2.03. The van der Waals surface area contributed by atoms with E-state index in [0.29, 0.717) is 13.0 Å². The second kappa shape index (κ2) is 4.37. The molecule has 0 spiro atoms. The Hall–Kier alpha value is -1.16. The average Bonchev–Trinajstić information content (AvgIpc) is 2.21. The van der Waals surface area contributed by atoms with E-state index in [1.807, 2.05) is 0 Å². The average molecular weight is 227 g/mol. The van der Waals surface area contributed by atoms with E-state index < -0.39 is 11.6 Å². The minimum absolute atomic E-state index is 0.00634. The van der Waals surface area contributed by atoms with E-state index >= 15 is 0 Å². The molecule has 2 nitrogen and oxygen atoms in total. The topological polar surface area (TPSA) is 35.2 Å². The molecule has 0 heterocycles. The molecule has 0 unspecified atom stereocenters. The van der Waals surface area contributed by atoms with E-state index in [0.717, 1.165) is 25.3 Å². The number of benzene rings is 1.